The second-order valence-electron chi connectivity index (χ2n) is 13.2. The smallest absolute Gasteiger partial charge is 0.264 e. The van der Waals surface area contributed by atoms with E-state index in [2.05, 4.69) is 20.5 Å². The van der Waals surface area contributed by atoms with Crippen LogP contribution in [0.3, 0.4) is 0 Å². The number of amides is 2. The zero-order chi connectivity index (χ0) is 34.0. The number of aryl methyl sites for hydroxylation is 1. The van der Waals surface area contributed by atoms with Crippen molar-refractivity contribution in [1.29, 1.82) is 0 Å². The van der Waals surface area contributed by atoms with Crippen LogP contribution >= 0.6 is 0 Å². The van der Waals surface area contributed by atoms with Crippen LogP contribution in [-0.4, -0.2) is 68.9 Å². The standard InChI is InChI=1S/C38H43N7O4/c1-28(10-8-9-22-42-26-30(17-23-46)40-41-42)38(49)33-24-32(15-16-34(33)43(36(38)48)25-29-11-4-2-5-12-29)44-27-45(31-13-6-3-7-14-31)37(35(44)47)18-20-39-21-19-37/h2-8,10-16,24,26,28,39,46,49H,9,17-23,25,27H2,1H3/b10-8+/t28-,38+/m1/s1. The molecule has 2 amide bonds. The van der Waals surface area contributed by atoms with E-state index in [4.69, 9.17) is 5.11 Å². The third kappa shape index (κ3) is 5.92. The van der Waals surface area contributed by atoms with Crippen molar-refractivity contribution in [2.24, 2.45) is 5.92 Å². The van der Waals surface area contributed by atoms with Crippen molar-refractivity contribution in [2.45, 2.75) is 56.8 Å². The van der Waals surface area contributed by atoms with E-state index in [1.54, 1.807) is 9.58 Å². The fourth-order valence-electron chi connectivity index (χ4n) is 7.52. The summed E-state index contributed by atoms with van der Waals surface area (Å²) in [6.45, 7) is 4.63. The van der Waals surface area contributed by atoms with Crippen molar-refractivity contribution >= 4 is 28.9 Å². The number of carbonyl (C=O) groups excluding carboxylic acids is 2. The molecular formula is C38H43N7O4. The molecule has 3 aliphatic rings. The van der Waals surface area contributed by atoms with E-state index in [-0.39, 0.29) is 18.4 Å². The van der Waals surface area contributed by atoms with Gasteiger partial charge in [0, 0.05) is 48.6 Å². The van der Waals surface area contributed by atoms with Crippen molar-refractivity contribution in [3.63, 3.8) is 0 Å². The largest absolute Gasteiger partial charge is 0.396 e. The van der Waals surface area contributed by atoms with E-state index in [0.29, 0.717) is 62.4 Å². The van der Waals surface area contributed by atoms with Crippen molar-refractivity contribution in [3.05, 3.63) is 114 Å². The maximum Gasteiger partial charge on any atom is 0.264 e. The van der Waals surface area contributed by atoms with Crippen LogP contribution in [0.15, 0.2) is 97.2 Å². The Morgan fingerprint density at radius 1 is 0.959 bits per heavy atom. The minimum atomic E-state index is -1.84. The molecule has 2 saturated heterocycles. The highest BCUT2D eigenvalue weighted by Crippen LogP contribution is 2.48. The van der Waals surface area contributed by atoms with Crippen LogP contribution < -0.4 is 20.0 Å². The number of aromatic nitrogens is 3. The predicted molar refractivity (Wildman–Crippen MR) is 188 cm³/mol. The van der Waals surface area contributed by atoms with E-state index in [9.17, 15) is 14.7 Å². The van der Waals surface area contributed by atoms with E-state index >= 15 is 0 Å². The lowest BCUT2D eigenvalue weighted by atomic mass is 9.82. The molecule has 2 atom stereocenters. The number of aliphatic hydroxyl groups excluding tert-OH is 1. The van der Waals surface area contributed by atoms with Gasteiger partial charge in [0.25, 0.3) is 11.8 Å². The normalized spacial score (nSPS) is 20.9. The average molecular weight is 662 g/mol. The molecule has 4 aromatic rings. The van der Waals surface area contributed by atoms with Gasteiger partial charge in [-0.25, -0.2) is 0 Å². The Balaban J connectivity index is 1.21. The average Bonchev–Trinajstić information content (AvgIpc) is 3.76. The first-order valence-corrected chi connectivity index (χ1v) is 17.1. The first-order chi connectivity index (χ1) is 23.8. The third-order valence-corrected chi connectivity index (χ3v) is 10.3. The number of hydrogen-bond donors (Lipinski definition) is 3. The van der Waals surface area contributed by atoms with Crippen LogP contribution in [0, 0.1) is 5.92 Å². The summed E-state index contributed by atoms with van der Waals surface area (Å²) in [4.78, 5) is 34.5. The fourth-order valence-corrected chi connectivity index (χ4v) is 7.52. The lowest BCUT2D eigenvalue weighted by Gasteiger charge is -2.39. The number of benzene rings is 3. The Morgan fingerprint density at radius 2 is 1.69 bits per heavy atom. The number of fused-ring (bicyclic) bond motifs is 1. The molecule has 11 heteroatoms. The van der Waals surface area contributed by atoms with Crippen molar-refractivity contribution < 1.29 is 19.8 Å². The lowest BCUT2D eigenvalue weighted by molar-refractivity contribution is -0.139. The Bertz CT molecular complexity index is 1820. The number of nitrogens with one attached hydrogen (secondary N) is 1. The summed E-state index contributed by atoms with van der Waals surface area (Å²) in [6.07, 6.45) is 8.10. The molecule has 11 nitrogen and oxygen atoms in total. The summed E-state index contributed by atoms with van der Waals surface area (Å²) < 4.78 is 1.72. The molecule has 0 radical (unpaired) electrons. The number of piperidine rings is 1. The van der Waals surface area contributed by atoms with Gasteiger partial charge in [-0.3, -0.25) is 19.2 Å². The Kier molecular flexibility index (Phi) is 9.06. The second-order valence-corrected chi connectivity index (χ2v) is 13.2. The predicted octanol–water partition coefficient (Wildman–Crippen LogP) is 3.76. The molecule has 3 aliphatic heterocycles. The Morgan fingerprint density at radius 3 is 2.43 bits per heavy atom. The molecule has 3 aromatic carbocycles. The lowest BCUT2D eigenvalue weighted by Crippen LogP contribution is -2.55. The molecule has 49 heavy (non-hydrogen) atoms. The van der Waals surface area contributed by atoms with E-state index in [1.165, 1.54) is 0 Å². The van der Waals surface area contributed by atoms with Gasteiger partial charge < -0.3 is 25.3 Å². The van der Waals surface area contributed by atoms with Gasteiger partial charge >= 0.3 is 0 Å². The first kappa shape index (κ1) is 32.7. The minimum Gasteiger partial charge on any atom is -0.396 e. The van der Waals surface area contributed by atoms with Gasteiger partial charge in [-0.2, -0.15) is 0 Å². The van der Waals surface area contributed by atoms with Crippen LogP contribution in [0.2, 0.25) is 0 Å². The first-order valence-electron chi connectivity index (χ1n) is 17.1. The SMILES string of the molecule is C[C@H](/C=C/CCn1cc(CCO)nn1)[C@@]1(O)C(=O)N(Cc2ccccc2)c2ccc(N3CN(c4ccccc4)C4(CCNCC4)C3=O)cc21. The van der Waals surface area contributed by atoms with Crippen molar-refractivity contribution in [3.8, 4) is 0 Å². The number of aliphatic hydroxyl groups is 2. The highest BCUT2D eigenvalue weighted by molar-refractivity contribution is 6.09. The monoisotopic (exact) mass is 661 g/mol. The fraction of sp³-hybridized carbons (Fsp3) is 0.368. The minimum absolute atomic E-state index is 0.0166. The molecule has 0 aliphatic carbocycles. The van der Waals surface area contributed by atoms with Gasteiger partial charge in [-0.1, -0.05) is 72.8 Å². The summed E-state index contributed by atoms with van der Waals surface area (Å²) in [7, 11) is 0. The van der Waals surface area contributed by atoms with Crippen molar-refractivity contribution in [2.75, 3.05) is 41.1 Å². The van der Waals surface area contributed by atoms with Crippen LogP contribution in [0.5, 0.6) is 0 Å². The maximum absolute atomic E-state index is 14.4. The summed E-state index contributed by atoms with van der Waals surface area (Å²) in [5.41, 5.74) is 1.97. The molecule has 1 spiro atoms. The number of anilines is 3. The maximum atomic E-state index is 14.4. The van der Waals surface area contributed by atoms with E-state index in [1.807, 2.05) is 109 Å². The number of hydrogen-bond acceptors (Lipinski definition) is 8. The number of rotatable bonds is 11. The zero-order valence-corrected chi connectivity index (χ0v) is 27.8. The van der Waals surface area contributed by atoms with E-state index < -0.39 is 17.1 Å². The highest BCUT2D eigenvalue weighted by Gasteiger charge is 2.55. The molecule has 0 saturated carbocycles. The van der Waals surface area contributed by atoms with Crippen molar-refractivity contribution in [1.82, 2.24) is 20.3 Å². The van der Waals surface area contributed by atoms with Crippen LogP contribution in [0.1, 0.15) is 43.0 Å². The number of allylic oxidation sites excluding steroid dienone is 1. The quantitative estimate of drug-likeness (QED) is 0.208. The van der Waals surface area contributed by atoms with E-state index in [0.717, 1.165) is 30.0 Å². The highest BCUT2D eigenvalue weighted by atomic mass is 16.3. The van der Waals surface area contributed by atoms with Gasteiger partial charge in [0.15, 0.2) is 5.60 Å². The molecule has 254 valence electrons. The van der Waals surface area contributed by atoms with Gasteiger partial charge in [0.1, 0.15) is 5.54 Å². The molecule has 7 rings (SSSR count). The van der Waals surface area contributed by atoms with Gasteiger partial charge in [0.2, 0.25) is 0 Å². The van der Waals surface area contributed by atoms with Gasteiger partial charge in [-0.05, 0) is 68.2 Å². The van der Waals surface area contributed by atoms with Crippen LogP contribution in [0.25, 0.3) is 0 Å². The molecule has 4 heterocycles. The number of carbonyl (C=O) groups is 2. The van der Waals surface area contributed by atoms with Gasteiger partial charge in [0.05, 0.1) is 24.6 Å². The van der Waals surface area contributed by atoms with Crippen LogP contribution in [-0.2, 0) is 34.7 Å². The van der Waals surface area contributed by atoms with Gasteiger partial charge in [-0.15, -0.1) is 5.10 Å². The van der Waals surface area contributed by atoms with Crippen LogP contribution in [0.4, 0.5) is 17.1 Å². The number of para-hydroxylation sites is 1. The Labute approximate surface area is 286 Å². The second kappa shape index (κ2) is 13.6. The molecule has 0 unspecified atom stereocenters. The molecule has 0 bridgehead atoms. The molecule has 1 aromatic heterocycles. The summed E-state index contributed by atoms with van der Waals surface area (Å²) >= 11 is 0. The molecule has 2 fully saturated rings. The number of nitrogens with zero attached hydrogens (tertiary/aromatic N) is 6. The Hall–Kier alpha value is -4.84. The summed E-state index contributed by atoms with van der Waals surface area (Å²) in [6, 6.07) is 25.4. The molecular weight excluding hydrogens is 618 g/mol. The zero-order valence-electron chi connectivity index (χ0n) is 27.8. The third-order valence-electron chi connectivity index (χ3n) is 10.3. The summed E-state index contributed by atoms with van der Waals surface area (Å²) in [5.74, 6) is -0.921. The summed E-state index contributed by atoms with van der Waals surface area (Å²) in [5, 5.41) is 33.3. The molecule has 3 N–H and O–H groups in total. The topological polar surface area (TPSA) is 127 Å².